The van der Waals surface area contributed by atoms with Crippen LogP contribution in [0.1, 0.15) is 34.1 Å². The van der Waals surface area contributed by atoms with E-state index in [4.69, 9.17) is 34.8 Å². The van der Waals surface area contributed by atoms with Gasteiger partial charge in [-0.3, -0.25) is 9.69 Å². The quantitative estimate of drug-likeness (QED) is 0.672. The van der Waals surface area contributed by atoms with Crippen molar-refractivity contribution >= 4 is 52.0 Å². The molecule has 25 heavy (non-hydrogen) atoms. The monoisotopic (exact) mass is 418 g/mol. The molecule has 3 rings (SSSR count). The van der Waals surface area contributed by atoms with Crippen molar-refractivity contribution in [2.75, 3.05) is 19.6 Å². The number of hydrogen-bond acceptors (Lipinski definition) is 4. The number of carbonyl (C=O) groups is 1. The number of rotatable bonds is 5. The van der Waals surface area contributed by atoms with E-state index in [0.29, 0.717) is 6.54 Å². The third-order valence-corrected chi connectivity index (χ3v) is 6.33. The van der Waals surface area contributed by atoms with E-state index < -0.39 is 5.91 Å². The fourth-order valence-corrected chi connectivity index (χ4v) is 4.57. The van der Waals surface area contributed by atoms with Gasteiger partial charge in [-0.2, -0.15) is 0 Å². The number of carbonyl (C=O) groups excluding carboxylic acids is 1. The van der Waals surface area contributed by atoms with E-state index in [1.165, 1.54) is 10.9 Å². The van der Waals surface area contributed by atoms with Gasteiger partial charge in [0.2, 0.25) is 0 Å². The van der Waals surface area contributed by atoms with E-state index in [9.17, 15) is 9.90 Å². The Labute approximate surface area is 165 Å². The fraction of sp³-hybridized carbons (Fsp3) is 0.353. The largest absolute Gasteiger partial charge is 0.505 e. The second-order valence-electron chi connectivity index (χ2n) is 5.86. The highest BCUT2D eigenvalue weighted by Crippen LogP contribution is 2.38. The Morgan fingerprint density at radius 2 is 2.00 bits per heavy atom. The molecule has 1 unspecified atom stereocenters. The van der Waals surface area contributed by atoms with Gasteiger partial charge in [-0.15, -0.1) is 11.3 Å². The average Bonchev–Trinajstić information content (AvgIpc) is 3.27. The first kappa shape index (κ1) is 18.8. The molecule has 1 amide bonds. The molecule has 1 atom stereocenters. The van der Waals surface area contributed by atoms with Gasteiger partial charge in [0.05, 0.1) is 21.1 Å². The van der Waals surface area contributed by atoms with E-state index in [0.717, 1.165) is 25.9 Å². The zero-order chi connectivity index (χ0) is 18.0. The number of likely N-dealkylation sites (tertiary alicyclic amines) is 1. The van der Waals surface area contributed by atoms with E-state index in [2.05, 4.69) is 16.3 Å². The van der Waals surface area contributed by atoms with Crippen LogP contribution in [0, 0.1) is 0 Å². The summed E-state index contributed by atoms with van der Waals surface area (Å²) in [5.41, 5.74) is -0.0921. The van der Waals surface area contributed by atoms with Crippen LogP contribution in [0.5, 0.6) is 5.75 Å². The lowest BCUT2D eigenvalue weighted by Gasteiger charge is -2.27. The highest BCUT2D eigenvalue weighted by atomic mass is 35.5. The molecule has 0 aliphatic carbocycles. The Bertz CT molecular complexity index is 735. The van der Waals surface area contributed by atoms with Crippen LogP contribution < -0.4 is 5.32 Å². The zero-order valence-corrected chi connectivity index (χ0v) is 16.4. The number of thiophene rings is 1. The number of nitrogens with zero attached hydrogens (tertiary/aromatic N) is 1. The van der Waals surface area contributed by atoms with Crippen molar-refractivity contribution in [3.8, 4) is 5.75 Å². The summed E-state index contributed by atoms with van der Waals surface area (Å²) in [6.07, 6.45) is 2.32. The summed E-state index contributed by atoms with van der Waals surface area (Å²) in [6.45, 7) is 2.43. The molecule has 4 nitrogen and oxygen atoms in total. The lowest BCUT2D eigenvalue weighted by Crippen LogP contribution is -2.36. The summed E-state index contributed by atoms with van der Waals surface area (Å²) in [7, 11) is 0. The molecule has 2 N–H and O–H groups in total. The number of aromatic hydroxyl groups is 1. The molecule has 2 heterocycles. The second kappa shape index (κ2) is 8.14. The Morgan fingerprint density at radius 1 is 1.28 bits per heavy atom. The van der Waals surface area contributed by atoms with Gasteiger partial charge in [0.1, 0.15) is 11.3 Å². The summed E-state index contributed by atoms with van der Waals surface area (Å²) >= 11 is 19.6. The number of nitrogens with one attached hydrogen (secondary N) is 1. The van der Waals surface area contributed by atoms with Crippen LogP contribution in [0.15, 0.2) is 23.6 Å². The molecule has 2 aromatic rings. The molecule has 0 saturated carbocycles. The first-order valence-corrected chi connectivity index (χ1v) is 9.92. The standard InChI is InChI=1S/C17H17Cl3N2O2S/c18-10-8-11(19)16(23)14(15(10)20)17(24)21-9-12(13-4-3-7-25-13)22-5-1-2-6-22/h3-4,7-8,12,23H,1-2,5-6,9H2,(H,21,24). The number of amides is 1. The van der Waals surface area contributed by atoms with Crippen molar-refractivity contribution in [3.05, 3.63) is 49.1 Å². The SMILES string of the molecule is O=C(NCC(c1cccs1)N1CCCC1)c1c(O)c(Cl)cc(Cl)c1Cl. The summed E-state index contributed by atoms with van der Waals surface area (Å²) in [5.74, 6) is -0.852. The van der Waals surface area contributed by atoms with Gasteiger partial charge in [0, 0.05) is 11.4 Å². The number of phenols is 1. The molecule has 0 bridgehead atoms. The molecule has 1 aromatic heterocycles. The third-order valence-electron chi connectivity index (χ3n) is 4.28. The lowest BCUT2D eigenvalue weighted by molar-refractivity contribution is 0.0936. The van der Waals surface area contributed by atoms with Crippen LogP contribution in [0.3, 0.4) is 0 Å². The van der Waals surface area contributed by atoms with E-state index in [-0.39, 0.29) is 32.4 Å². The maximum Gasteiger partial charge on any atom is 0.256 e. The normalized spacial score (nSPS) is 16.1. The van der Waals surface area contributed by atoms with Gasteiger partial charge in [-0.25, -0.2) is 0 Å². The average molecular weight is 420 g/mol. The van der Waals surface area contributed by atoms with Crippen LogP contribution >= 0.6 is 46.1 Å². The molecular formula is C17H17Cl3N2O2S. The van der Waals surface area contributed by atoms with Crippen LogP contribution in [0.25, 0.3) is 0 Å². The highest BCUT2D eigenvalue weighted by Gasteiger charge is 2.26. The molecule has 134 valence electrons. The van der Waals surface area contributed by atoms with Crippen molar-refractivity contribution in [1.82, 2.24) is 10.2 Å². The van der Waals surface area contributed by atoms with Gasteiger partial charge < -0.3 is 10.4 Å². The van der Waals surface area contributed by atoms with Gasteiger partial charge in [-0.1, -0.05) is 40.9 Å². The third kappa shape index (κ3) is 4.07. The maximum atomic E-state index is 12.6. The molecule has 1 fully saturated rings. The van der Waals surface area contributed by atoms with Crippen LogP contribution in [-0.2, 0) is 0 Å². The molecule has 1 aliphatic heterocycles. The van der Waals surface area contributed by atoms with Crippen molar-refractivity contribution in [2.45, 2.75) is 18.9 Å². The molecular weight excluding hydrogens is 403 g/mol. The highest BCUT2D eigenvalue weighted by molar-refractivity contribution is 7.10. The van der Waals surface area contributed by atoms with E-state index in [1.54, 1.807) is 11.3 Å². The van der Waals surface area contributed by atoms with Crippen molar-refractivity contribution in [2.24, 2.45) is 0 Å². The number of phenolic OH excluding ortho intramolecular Hbond substituents is 1. The predicted molar refractivity (Wildman–Crippen MR) is 103 cm³/mol. The molecule has 0 spiro atoms. The zero-order valence-electron chi connectivity index (χ0n) is 13.3. The Balaban J connectivity index is 1.78. The fourth-order valence-electron chi connectivity index (χ4n) is 3.01. The summed E-state index contributed by atoms with van der Waals surface area (Å²) in [5, 5.41) is 15.1. The number of benzene rings is 1. The smallest absolute Gasteiger partial charge is 0.256 e. The van der Waals surface area contributed by atoms with Crippen LogP contribution in [0.2, 0.25) is 15.1 Å². The Morgan fingerprint density at radius 3 is 2.64 bits per heavy atom. The topological polar surface area (TPSA) is 52.6 Å². The first-order chi connectivity index (χ1) is 12.0. The summed E-state index contributed by atoms with van der Waals surface area (Å²) < 4.78 is 0. The molecule has 8 heteroatoms. The van der Waals surface area contributed by atoms with Crippen LogP contribution in [-0.4, -0.2) is 35.5 Å². The Hall–Kier alpha value is -0.980. The molecule has 1 saturated heterocycles. The number of hydrogen-bond donors (Lipinski definition) is 2. The Kier molecular flexibility index (Phi) is 6.12. The molecule has 0 radical (unpaired) electrons. The van der Waals surface area contributed by atoms with E-state index >= 15 is 0 Å². The number of halogens is 3. The molecule has 1 aromatic carbocycles. The van der Waals surface area contributed by atoms with Crippen molar-refractivity contribution in [1.29, 1.82) is 0 Å². The van der Waals surface area contributed by atoms with Crippen molar-refractivity contribution in [3.63, 3.8) is 0 Å². The lowest BCUT2D eigenvalue weighted by atomic mass is 10.1. The summed E-state index contributed by atoms with van der Waals surface area (Å²) in [4.78, 5) is 16.1. The van der Waals surface area contributed by atoms with Crippen LogP contribution in [0.4, 0.5) is 0 Å². The molecule has 1 aliphatic rings. The second-order valence-corrected chi connectivity index (χ2v) is 8.03. The van der Waals surface area contributed by atoms with Crippen molar-refractivity contribution < 1.29 is 9.90 Å². The van der Waals surface area contributed by atoms with Gasteiger partial charge in [-0.05, 0) is 43.4 Å². The van der Waals surface area contributed by atoms with E-state index in [1.807, 2.05) is 11.4 Å². The first-order valence-electron chi connectivity index (χ1n) is 7.91. The van der Waals surface area contributed by atoms with Gasteiger partial charge in [0.15, 0.2) is 0 Å². The maximum absolute atomic E-state index is 12.6. The minimum Gasteiger partial charge on any atom is -0.505 e. The van der Waals surface area contributed by atoms with Gasteiger partial charge in [0.25, 0.3) is 5.91 Å². The summed E-state index contributed by atoms with van der Waals surface area (Å²) in [6, 6.07) is 5.49. The minimum absolute atomic E-state index is 0.00471. The minimum atomic E-state index is -0.493. The van der Waals surface area contributed by atoms with Gasteiger partial charge >= 0.3 is 0 Å². The predicted octanol–water partition coefficient (Wildman–Crippen LogP) is 4.98.